The number of hydrogen-bond acceptors (Lipinski definition) is 4. The van der Waals surface area contributed by atoms with Crippen LogP contribution < -0.4 is 5.32 Å². The minimum Gasteiger partial charge on any atom is -0.389 e. The van der Waals surface area contributed by atoms with E-state index >= 15 is 0 Å². The van der Waals surface area contributed by atoms with Crippen LogP contribution in [0.3, 0.4) is 0 Å². The molecule has 0 aliphatic carbocycles. The van der Waals surface area contributed by atoms with Gasteiger partial charge in [0.2, 0.25) is 0 Å². The fraction of sp³-hybridized carbons (Fsp3) is 0.538. The van der Waals surface area contributed by atoms with Gasteiger partial charge in [-0.25, -0.2) is 13.2 Å². The van der Waals surface area contributed by atoms with Gasteiger partial charge >= 0.3 is 0 Å². The second kappa shape index (κ2) is 8.08. The first kappa shape index (κ1) is 16.7. The zero-order chi connectivity index (χ0) is 15.1. The molecule has 1 aromatic carbocycles. The van der Waals surface area contributed by atoms with Crippen LogP contribution in [0.2, 0.25) is 0 Å². The molecule has 2 atom stereocenters. The van der Waals surface area contributed by atoms with Crippen LogP contribution >= 0.6 is 0 Å². The molecule has 4 nitrogen and oxygen atoms in total. The molecule has 7 heteroatoms. The Labute approximate surface area is 115 Å². The van der Waals surface area contributed by atoms with E-state index in [2.05, 4.69) is 5.32 Å². The normalized spacial score (nSPS) is 14.1. The van der Waals surface area contributed by atoms with Gasteiger partial charge in [-0.15, -0.1) is 0 Å². The number of rotatable bonds is 8. The predicted octanol–water partition coefficient (Wildman–Crippen LogP) is 1.93. The van der Waals surface area contributed by atoms with Crippen molar-refractivity contribution in [3.05, 3.63) is 29.6 Å². The topological polar surface area (TPSA) is 50.7 Å². The number of aliphatic hydroxyl groups is 1. The van der Waals surface area contributed by atoms with Crippen LogP contribution in [0.15, 0.2) is 12.1 Å². The lowest BCUT2D eigenvalue weighted by Gasteiger charge is -2.17. The summed E-state index contributed by atoms with van der Waals surface area (Å²) in [5.41, 5.74) is -0.215. The van der Waals surface area contributed by atoms with Crippen molar-refractivity contribution in [1.29, 1.82) is 0 Å². The molecule has 2 unspecified atom stereocenters. The molecule has 1 aromatic rings. The van der Waals surface area contributed by atoms with E-state index in [-0.39, 0.29) is 24.9 Å². The molecule has 0 spiro atoms. The van der Waals surface area contributed by atoms with Crippen LogP contribution in [0.25, 0.3) is 0 Å². The number of halogens is 3. The first-order valence-corrected chi connectivity index (χ1v) is 6.11. The number of hydrogen-bond donors (Lipinski definition) is 2. The molecule has 2 N–H and O–H groups in total. The number of ether oxygens (including phenoxy) is 2. The fourth-order valence-corrected chi connectivity index (χ4v) is 1.50. The van der Waals surface area contributed by atoms with Crippen LogP contribution in [0.1, 0.15) is 6.92 Å². The van der Waals surface area contributed by atoms with Crippen LogP contribution in [-0.2, 0) is 9.47 Å². The Morgan fingerprint density at radius 1 is 1.15 bits per heavy atom. The zero-order valence-electron chi connectivity index (χ0n) is 11.3. The van der Waals surface area contributed by atoms with Crippen LogP contribution in [0.5, 0.6) is 0 Å². The van der Waals surface area contributed by atoms with Crippen LogP contribution in [0.4, 0.5) is 18.9 Å². The Hall–Kier alpha value is -1.31. The van der Waals surface area contributed by atoms with E-state index in [4.69, 9.17) is 9.47 Å². The van der Waals surface area contributed by atoms with Crippen molar-refractivity contribution in [2.24, 2.45) is 0 Å². The van der Waals surface area contributed by atoms with Gasteiger partial charge < -0.3 is 19.9 Å². The molecule has 0 amide bonds. The molecule has 0 saturated carbocycles. The lowest BCUT2D eigenvalue weighted by atomic mass is 10.2. The highest BCUT2D eigenvalue weighted by Gasteiger charge is 2.12. The Morgan fingerprint density at radius 3 is 2.45 bits per heavy atom. The van der Waals surface area contributed by atoms with E-state index in [0.29, 0.717) is 18.7 Å². The van der Waals surface area contributed by atoms with Gasteiger partial charge in [0.25, 0.3) is 0 Å². The molecule has 0 heterocycles. The Balaban J connectivity index is 2.41. The number of nitrogens with one attached hydrogen (secondary N) is 1. The molecule has 0 aliphatic heterocycles. The summed E-state index contributed by atoms with van der Waals surface area (Å²) in [6.45, 7) is 2.13. The molecule has 20 heavy (non-hydrogen) atoms. The van der Waals surface area contributed by atoms with Gasteiger partial charge in [-0.05, 0) is 6.92 Å². The van der Waals surface area contributed by atoms with Crippen molar-refractivity contribution in [3.63, 3.8) is 0 Å². The van der Waals surface area contributed by atoms with Gasteiger partial charge in [-0.3, -0.25) is 0 Å². The number of methoxy groups -OCH3 is 1. The van der Waals surface area contributed by atoms with Gasteiger partial charge in [0.05, 0.1) is 31.1 Å². The average molecular weight is 293 g/mol. The van der Waals surface area contributed by atoms with Crippen molar-refractivity contribution in [2.75, 3.05) is 32.2 Å². The van der Waals surface area contributed by atoms with Crippen molar-refractivity contribution in [1.82, 2.24) is 0 Å². The molecule has 1 rings (SSSR count). The van der Waals surface area contributed by atoms with Crippen molar-refractivity contribution in [3.8, 4) is 0 Å². The lowest BCUT2D eigenvalue weighted by molar-refractivity contribution is -0.0282. The monoisotopic (exact) mass is 293 g/mol. The average Bonchev–Trinajstić information content (AvgIpc) is 2.39. The van der Waals surface area contributed by atoms with Gasteiger partial charge in [0, 0.05) is 25.8 Å². The molecule has 114 valence electrons. The third kappa shape index (κ3) is 5.36. The molecular weight excluding hydrogens is 275 g/mol. The molecule has 0 aliphatic rings. The molecule has 0 fully saturated rings. The summed E-state index contributed by atoms with van der Waals surface area (Å²) in [5, 5.41) is 12.1. The number of benzene rings is 1. The highest BCUT2D eigenvalue weighted by molar-refractivity contribution is 5.45. The second-order valence-electron chi connectivity index (χ2n) is 4.38. The van der Waals surface area contributed by atoms with Crippen LogP contribution in [0, 0.1) is 17.5 Å². The van der Waals surface area contributed by atoms with Crippen LogP contribution in [-0.4, -0.2) is 44.2 Å². The summed E-state index contributed by atoms with van der Waals surface area (Å²) < 4.78 is 49.1. The zero-order valence-corrected chi connectivity index (χ0v) is 11.3. The van der Waals surface area contributed by atoms with Gasteiger partial charge in [-0.1, -0.05) is 0 Å². The first-order chi connectivity index (χ1) is 9.43. The van der Waals surface area contributed by atoms with Crippen molar-refractivity contribution < 1.29 is 27.8 Å². The SMILES string of the molecule is COCC(C)OCC(O)CNc1cc(F)c(F)cc1F. The number of anilines is 1. The van der Waals surface area contributed by atoms with E-state index in [1.54, 1.807) is 6.92 Å². The minimum absolute atomic E-state index is 0.0167. The third-order valence-electron chi connectivity index (χ3n) is 2.51. The maximum absolute atomic E-state index is 13.3. The standard InChI is InChI=1S/C13H18F3NO3/c1-8(6-19-2)20-7-9(18)5-17-13-4-11(15)10(14)3-12(13)16/h3-4,8-9,17-18H,5-7H2,1-2H3. The summed E-state index contributed by atoms with van der Waals surface area (Å²) in [6.07, 6.45) is -1.10. The Kier molecular flexibility index (Phi) is 6.77. The highest BCUT2D eigenvalue weighted by Crippen LogP contribution is 2.18. The Bertz CT molecular complexity index is 432. The maximum Gasteiger partial charge on any atom is 0.161 e. The summed E-state index contributed by atoms with van der Waals surface area (Å²) in [6, 6.07) is 1.15. The second-order valence-corrected chi connectivity index (χ2v) is 4.38. The van der Waals surface area contributed by atoms with E-state index in [0.717, 1.165) is 0 Å². The summed E-state index contributed by atoms with van der Waals surface area (Å²) in [5.74, 6) is -3.34. The third-order valence-corrected chi connectivity index (χ3v) is 2.51. The van der Waals surface area contributed by atoms with Crippen molar-refractivity contribution >= 4 is 5.69 Å². The van der Waals surface area contributed by atoms with Crippen molar-refractivity contribution in [2.45, 2.75) is 19.1 Å². The van der Waals surface area contributed by atoms with E-state index in [9.17, 15) is 18.3 Å². The molecule has 0 radical (unpaired) electrons. The smallest absolute Gasteiger partial charge is 0.161 e. The van der Waals surface area contributed by atoms with Gasteiger partial charge in [-0.2, -0.15) is 0 Å². The molecular formula is C13H18F3NO3. The van der Waals surface area contributed by atoms with E-state index < -0.39 is 23.6 Å². The van der Waals surface area contributed by atoms with E-state index in [1.807, 2.05) is 0 Å². The van der Waals surface area contributed by atoms with Gasteiger partial charge in [0.15, 0.2) is 11.6 Å². The lowest BCUT2D eigenvalue weighted by Crippen LogP contribution is -2.28. The predicted molar refractivity (Wildman–Crippen MR) is 68.1 cm³/mol. The first-order valence-electron chi connectivity index (χ1n) is 6.11. The summed E-state index contributed by atoms with van der Waals surface area (Å²) >= 11 is 0. The van der Waals surface area contributed by atoms with Gasteiger partial charge in [0.1, 0.15) is 5.82 Å². The maximum atomic E-state index is 13.3. The number of aliphatic hydroxyl groups excluding tert-OH is 1. The highest BCUT2D eigenvalue weighted by atomic mass is 19.2. The quantitative estimate of drug-likeness (QED) is 0.719. The minimum atomic E-state index is -1.26. The summed E-state index contributed by atoms with van der Waals surface area (Å²) in [7, 11) is 1.53. The largest absolute Gasteiger partial charge is 0.389 e. The Morgan fingerprint density at radius 2 is 1.80 bits per heavy atom. The summed E-state index contributed by atoms with van der Waals surface area (Å²) in [4.78, 5) is 0. The molecule has 0 saturated heterocycles. The molecule has 0 bridgehead atoms. The van der Waals surface area contributed by atoms with E-state index in [1.165, 1.54) is 7.11 Å². The molecule has 0 aromatic heterocycles. The fourth-order valence-electron chi connectivity index (χ4n) is 1.50.